The van der Waals surface area contributed by atoms with Crippen LogP contribution in [0.5, 0.6) is 0 Å². The fraction of sp³-hybridized carbons (Fsp3) is 0.406. The third kappa shape index (κ3) is 5.13. The summed E-state index contributed by atoms with van der Waals surface area (Å²) < 4.78 is 40.9. The Morgan fingerprint density at radius 3 is 2.58 bits per heavy atom. The van der Waals surface area contributed by atoms with Crippen LogP contribution >= 0.6 is 0 Å². The highest BCUT2D eigenvalue weighted by Crippen LogP contribution is 2.50. The molecule has 1 aromatic carbocycles. The SMILES string of the molecule is C=CCn1c(=O)c2cnc(Nc3ccc(N4CC5(CC(NC(=O)C(F)(F)F)C5)C4)cc3)nc2n1-c1ccc2c(n1)C(CC)CC2. The molecule has 1 amide bonds. The minimum atomic E-state index is -4.85. The highest BCUT2D eigenvalue weighted by Gasteiger charge is 2.54. The van der Waals surface area contributed by atoms with E-state index in [0.717, 1.165) is 49.4 Å². The number of alkyl halides is 3. The van der Waals surface area contributed by atoms with Crippen molar-refractivity contribution in [3.05, 3.63) is 76.9 Å². The Bertz CT molecular complexity index is 1850. The summed E-state index contributed by atoms with van der Waals surface area (Å²) in [5.41, 5.74) is 4.27. The lowest BCUT2D eigenvalue weighted by Gasteiger charge is -2.60. The molecule has 4 aromatic rings. The van der Waals surface area contributed by atoms with Crippen molar-refractivity contribution < 1.29 is 18.0 Å². The van der Waals surface area contributed by atoms with Crippen molar-refractivity contribution in [1.82, 2.24) is 29.6 Å². The molecule has 234 valence electrons. The number of hydrogen-bond acceptors (Lipinski definition) is 7. The number of aromatic nitrogens is 5. The van der Waals surface area contributed by atoms with E-state index < -0.39 is 18.1 Å². The molecule has 7 rings (SSSR count). The number of rotatable bonds is 8. The van der Waals surface area contributed by atoms with Crippen LogP contribution in [-0.2, 0) is 17.8 Å². The lowest BCUT2D eigenvalue weighted by Crippen LogP contribution is -2.67. The van der Waals surface area contributed by atoms with Crippen molar-refractivity contribution in [1.29, 1.82) is 0 Å². The van der Waals surface area contributed by atoms with Crippen LogP contribution in [0.25, 0.3) is 16.9 Å². The van der Waals surface area contributed by atoms with Gasteiger partial charge in [-0.25, -0.2) is 19.3 Å². The van der Waals surface area contributed by atoms with E-state index in [2.05, 4.69) is 40.1 Å². The fourth-order valence-electron chi connectivity index (χ4n) is 7.09. The standard InChI is InChI=1S/C32H33F3N8O2/c1-3-13-42-28(44)24-16-36-30(40-27(24)43(42)25-12-7-20-6-5-19(4-2)26(20)39-25)38-21-8-10-23(11-9-21)41-17-31(18-41)14-22(15-31)37-29(45)32(33,34)35/h3,7-12,16,19,22H,1,4-6,13-15,17-18H2,2H3,(H,37,45)(H,36,38,40). The number of aryl methyl sites for hydroxylation is 1. The van der Waals surface area contributed by atoms with E-state index in [9.17, 15) is 22.8 Å². The number of nitrogens with zero attached hydrogens (tertiary/aromatic N) is 6. The molecule has 2 aliphatic carbocycles. The van der Waals surface area contributed by atoms with Gasteiger partial charge in [0.2, 0.25) is 5.95 Å². The number of pyridine rings is 1. The number of anilines is 3. The minimum absolute atomic E-state index is 0.0490. The van der Waals surface area contributed by atoms with Crippen molar-refractivity contribution in [2.24, 2.45) is 5.41 Å². The van der Waals surface area contributed by atoms with Gasteiger partial charge in [0.1, 0.15) is 5.39 Å². The number of carbonyl (C=O) groups is 1. The average Bonchev–Trinajstić information content (AvgIpc) is 3.51. The van der Waals surface area contributed by atoms with E-state index >= 15 is 0 Å². The van der Waals surface area contributed by atoms with Gasteiger partial charge in [-0.05, 0) is 68.0 Å². The molecule has 4 heterocycles. The highest BCUT2D eigenvalue weighted by molar-refractivity contribution is 5.82. The second-order valence-corrected chi connectivity index (χ2v) is 12.4. The summed E-state index contributed by atoms with van der Waals surface area (Å²) in [6.45, 7) is 7.74. The summed E-state index contributed by atoms with van der Waals surface area (Å²) in [5.74, 6) is -0.511. The molecule has 1 spiro atoms. The molecule has 0 radical (unpaired) electrons. The van der Waals surface area contributed by atoms with Gasteiger partial charge in [-0.2, -0.15) is 18.2 Å². The van der Waals surface area contributed by atoms with Gasteiger partial charge in [0.05, 0.1) is 6.54 Å². The van der Waals surface area contributed by atoms with Crippen molar-refractivity contribution >= 4 is 34.3 Å². The monoisotopic (exact) mass is 618 g/mol. The topological polar surface area (TPSA) is 110 Å². The molecule has 3 aromatic heterocycles. The second-order valence-electron chi connectivity index (χ2n) is 12.4. The lowest BCUT2D eigenvalue weighted by atomic mass is 9.60. The van der Waals surface area contributed by atoms with E-state index in [1.165, 1.54) is 11.8 Å². The summed E-state index contributed by atoms with van der Waals surface area (Å²) in [6.07, 6.45) is 2.53. The second kappa shape index (κ2) is 10.7. The third-order valence-corrected chi connectivity index (χ3v) is 9.33. The molecule has 13 heteroatoms. The third-order valence-electron chi connectivity index (χ3n) is 9.33. The molecule has 2 fully saturated rings. The lowest BCUT2D eigenvalue weighted by molar-refractivity contribution is -0.176. The Hall–Kier alpha value is -4.68. The number of allylic oxidation sites excluding steroid dienone is 1. The molecule has 1 saturated carbocycles. The number of benzene rings is 1. The molecular weight excluding hydrogens is 585 g/mol. The van der Waals surface area contributed by atoms with E-state index in [1.54, 1.807) is 15.4 Å². The molecular formula is C32H33F3N8O2. The van der Waals surface area contributed by atoms with Gasteiger partial charge in [-0.3, -0.25) is 9.59 Å². The van der Waals surface area contributed by atoms with Gasteiger partial charge in [0.25, 0.3) is 5.56 Å². The molecule has 1 saturated heterocycles. The van der Waals surface area contributed by atoms with Crippen molar-refractivity contribution in [3.8, 4) is 5.82 Å². The van der Waals surface area contributed by atoms with Crippen LogP contribution in [0.2, 0.25) is 0 Å². The van der Waals surface area contributed by atoms with Crippen LogP contribution in [0.1, 0.15) is 49.8 Å². The van der Waals surface area contributed by atoms with Crippen LogP contribution in [0.4, 0.5) is 30.5 Å². The normalized spacial score (nSPS) is 18.8. The molecule has 1 atom stereocenters. The van der Waals surface area contributed by atoms with Crippen molar-refractivity contribution in [2.75, 3.05) is 23.3 Å². The number of carbonyl (C=O) groups excluding carboxylic acids is 1. The van der Waals surface area contributed by atoms with Crippen molar-refractivity contribution in [3.63, 3.8) is 0 Å². The Labute approximate surface area is 257 Å². The van der Waals surface area contributed by atoms with Crippen LogP contribution in [0.3, 0.4) is 0 Å². The smallest absolute Gasteiger partial charge is 0.370 e. The first-order valence-corrected chi connectivity index (χ1v) is 15.2. The van der Waals surface area contributed by atoms with Crippen LogP contribution in [0.15, 0.2) is 60.0 Å². The largest absolute Gasteiger partial charge is 0.471 e. The summed E-state index contributed by atoms with van der Waals surface area (Å²) >= 11 is 0. The summed E-state index contributed by atoms with van der Waals surface area (Å²) in [5, 5.41) is 5.70. The Balaban J connectivity index is 1.07. The van der Waals surface area contributed by atoms with Gasteiger partial charge in [-0.15, -0.1) is 6.58 Å². The van der Waals surface area contributed by atoms with Gasteiger partial charge in [0, 0.05) is 53.7 Å². The number of fused-ring (bicyclic) bond motifs is 2. The average molecular weight is 619 g/mol. The molecule has 45 heavy (non-hydrogen) atoms. The zero-order valence-corrected chi connectivity index (χ0v) is 24.8. The van der Waals surface area contributed by atoms with E-state index in [-0.39, 0.29) is 17.5 Å². The maximum Gasteiger partial charge on any atom is 0.471 e. The molecule has 10 nitrogen and oxygen atoms in total. The fourth-order valence-corrected chi connectivity index (χ4v) is 7.09. The van der Waals surface area contributed by atoms with E-state index in [1.807, 2.05) is 30.3 Å². The van der Waals surface area contributed by atoms with Crippen LogP contribution in [-0.4, -0.2) is 55.5 Å². The maximum absolute atomic E-state index is 13.3. The van der Waals surface area contributed by atoms with Gasteiger partial charge >= 0.3 is 12.1 Å². The maximum atomic E-state index is 13.3. The Morgan fingerprint density at radius 1 is 1.13 bits per heavy atom. The summed E-state index contributed by atoms with van der Waals surface area (Å²) in [7, 11) is 0. The van der Waals surface area contributed by atoms with E-state index in [0.29, 0.717) is 41.6 Å². The quantitative estimate of drug-likeness (QED) is 0.268. The first-order valence-electron chi connectivity index (χ1n) is 15.2. The Morgan fingerprint density at radius 2 is 1.89 bits per heavy atom. The summed E-state index contributed by atoms with van der Waals surface area (Å²) in [4.78, 5) is 40.9. The zero-order valence-electron chi connectivity index (χ0n) is 24.8. The molecule has 3 aliphatic rings. The summed E-state index contributed by atoms with van der Waals surface area (Å²) in [6, 6.07) is 11.3. The van der Waals surface area contributed by atoms with Gasteiger partial charge in [-0.1, -0.05) is 19.1 Å². The van der Waals surface area contributed by atoms with Gasteiger partial charge in [0.15, 0.2) is 11.5 Å². The molecule has 2 N–H and O–H groups in total. The van der Waals surface area contributed by atoms with Crippen LogP contribution in [0, 0.1) is 5.41 Å². The van der Waals surface area contributed by atoms with Gasteiger partial charge < -0.3 is 15.5 Å². The first-order chi connectivity index (χ1) is 21.6. The number of halogens is 3. The number of hydrogen-bond donors (Lipinski definition) is 2. The zero-order chi connectivity index (χ0) is 31.5. The van der Waals surface area contributed by atoms with Crippen molar-refractivity contribution in [2.45, 2.75) is 63.7 Å². The Kier molecular flexibility index (Phi) is 6.93. The molecule has 1 aliphatic heterocycles. The number of amides is 1. The van der Waals surface area contributed by atoms with Crippen LogP contribution < -0.4 is 21.1 Å². The van der Waals surface area contributed by atoms with E-state index in [4.69, 9.17) is 9.97 Å². The predicted octanol–water partition coefficient (Wildman–Crippen LogP) is 4.99. The minimum Gasteiger partial charge on any atom is -0.370 e. The highest BCUT2D eigenvalue weighted by atomic mass is 19.4. The predicted molar refractivity (Wildman–Crippen MR) is 164 cm³/mol. The first kappa shape index (κ1) is 29.1. The molecule has 0 bridgehead atoms. The molecule has 1 unspecified atom stereocenters. The number of nitrogens with one attached hydrogen (secondary N) is 2.